The van der Waals surface area contributed by atoms with Crippen LogP contribution >= 0.6 is 0 Å². The zero-order chi connectivity index (χ0) is 6.55. The van der Waals surface area contributed by atoms with Crippen LogP contribution in [0.2, 0.25) is 0 Å². The Bertz CT molecular complexity index is 190. The van der Waals surface area contributed by atoms with Crippen molar-refractivity contribution in [3.63, 3.8) is 0 Å². The van der Waals surface area contributed by atoms with E-state index in [2.05, 4.69) is 6.08 Å². The average molecular weight is 134 g/mol. The second-order valence-corrected chi connectivity index (χ2v) is 4.16. The van der Waals surface area contributed by atoms with E-state index in [0.29, 0.717) is 0 Å². The predicted molar refractivity (Wildman–Crippen MR) is 41.6 cm³/mol. The maximum Gasteiger partial charge on any atom is -0.0132 e. The minimum atomic E-state index is 1.03. The third kappa shape index (κ3) is 0.574. The SMILES string of the molecule is C1=C2CC2C2CCCC[C@@H]12. The van der Waals surface area contributed by atoms with Crippen LogP contribution in [0.5, 0.6) is 0 Å². The molecule has 0 heteroatoms. The minimum Gasteiger partial charge on any atom is -0.0816 e. The van der Waals surface area contributed by atoms with E-state index in [9.17, 15) is 0 Å². The smallest absolute Gasteiger partial charge is 0.0132 e. The summed E-state index contributed by atoms with van der Waals surface area (Å²) in [5.74, 6) is 3.23. The molecule has 3 atom stereocenters. The van der Waals surface area contributed by atoms with Crippen LogP contribution in [0.3, 0.4) is 0 Å². The molecular weight excluding hydrogens is 120 g/mol. The van der Waals surface area contributed by atoms with Crippen LogP contribution in [0.25, 0.3) is 0 Å². The van der Waals surface area contributed by atoms with Crippen LogP contribution in [-0.2, 0) is 0 Å². The number of hydrogen-bond donors (Lipinski definition) is 0. The molecule has 10 heavy (non-hydrogen) atoms. The van der Waals surface area contributed by atoms with E-state index >= 15 is 0 Å². The fourth-order valence-electron chi connectivity index (χ4n) is 2.98. The van der Waals surface area contributed by atoms with Gasteiger partial charge in [-0.25, -0.2) is 0 Å². The van der Waals surface area contributed by atoms with Gasteiger partial charge >= 0.3 is 0 Å². The van der Waals surface area contributed by atoms with Gasteiger partial charge in [-0.2, -0.15) is 0 Å². The highest BCUT2D eigenvalue weighted by molar-refractivity contribution is 5.32. The summed E-state index contributed by atoms with van der Waals surface area (Å²) >= 11 is 0. The van der Waals surface area contributed by atoms with E-state index in [1.54, 1.807) is 0 Å². The third-order valence-corrected chi connectivity index (χ3v) is 3.59. The molecule has 2 saturated carbocycles. The van der Waals surface area contributed by atoms with Crippen molar-refractivity contribution in [3.8, 4) is 0 Å². The summed E-state index contributed by atoms with van der Waals surface area (Å²) in [7, 11) is 0. The average Bonchev–Trinajstić information content (AvgIpc) is 2.64. The van der Waals surface area contributed by atoms with Gasteiger partial charge in [-0.05, 0) is 37.0 Å². The first-order chi connectivity index (χ1) is 4.95. The highest BCUT2D eigenvalue weighted by Gasteiger charge is 2.46. The fraction of sp³-hybridized carbons (Fsp3) is 0.800. The Balaban J connectivity index is 1.88. The quantitative estimate of drug-likeness (QED) is 0.447. The maximum absolute atomic E-state index is 2.59. The van der Waals surface area contributed by atoms with Gasteiger partial charge in [0.2, 0.25) is 0 Å². The molecule has 3 rings (SSSR count). The standard InChI is InChI=1S/C10H14/c1-2-4-9-7(3-1)5-8-6-10(8)9/h5,7,9-10H,1-4,6H2/t7-,9?,10?/m0/s1. The van der Waals surface area contributed by atoms with Crippen LogP contribution in [0, 0.1) is 17.8 Å². The summed E-state index contributed by atoms with van der Waals surface area (Å²) in [6.45, 7) is 0. The minimum absolute atomic E-state index is 1.03. The lowest BCUT2D eigenvalue weighted by atomic mass is 9.79. The van der Waals surface area contributed by atoms with Gasteiger partial charge in [-0.15, -0.1) is 0 Å². The van der Waals surface area contributed by atoms with Gasteiger partial charge in [0.05, 0.1) is 0 Å². The maximum atomic E-state index is 2.59. The first-order valence-corrected chi connectivity index (χ1v) is 4.66. The molecule has 0 bridgehead atoms. The molecule has 3 aliphatic rings. The van der Waals surface area contributed by atoms with Gasteiger partial charge in [0.15, 0.2) is 0 Å². The predicted octanol–water partition coefficient (Wildman–Crippen LogP) is 2.75. The molecule has 54 valence electrons. The Kier molecular flexibility index (Phi) is 0.898. The third-order valence-electron chi connectivity index (χ3n) is 3.59. The van der Waals surface area contributed by atoms with Crippen LogP contribution in [0.1, 0.15) is 32.1 Å². The Morgan fingerprint density at radius 3 is 3.00 bits per heavy atom. The lowest BCUT2D eigenvalue weighted by Crippen LogP contribution is -2.16. The van der Waals surface area contributed by atoms with E-state index in [1.807, 2.05) is 5.57 Å². The van der Waals surface area contributed by atoms with Crippen molar-refractivity contribution in [2.75, 3.05) is 0 Å². The summed E-state index contributed by atoms with van der Waals surface area (Å²) in [6.07, 6.45) is 10.1. The highest BCUT2D eigenvalue weighted by Crippen LogP contribution is 2.57. The number of rotatable bonds is 0. The Morgan fingerprint density at radius 2 is 2.10 bits per heavy atom. The van der Waals surface area contributed by atoms with Crippen molar-refractivity contribution in [1.82, 2.24) is 0 Å². The lowest BCUT2D eigenvalue weighted by Gasteiger charge is -2.26. The molecule has 0 saturated heterocycles. The molecule has 0 amide bonds. The van der Waals surface area contributed by atoms with E-state index in [-0.39, 0.29) is 0 Å². The first kappa shape index (κ1) is 5.40. The second-order valence-electron chi connectivity index (χ2n) is 4.16. The lowest BCUT2D eigenvalue weighted by molar-refractivity contribution is 0.272. The van der Waals surface area contributed by atoms with E-state index in [4.69, 9.17) is 0 Å². The molecule has 0 aromatic rings. The Hall–Kier alpha value is -0.260. The van der Waals surface area contributed by atoms with Gasteiger partial charge in [0.1, 0.15) is 0 Å². The van der Waals surface area contributed by atoms with Crippen molar-refractivity contribution in [1.29, 1.82) is 0 Å². The van der Waals surface area contributed by atoms with E-state index in [1.165, 1.54) is 32.1 Å². The monoisotopic (exact) mass is 134 g/mol. The Morgan fingerprint density at radius 1 is 1.20 bits per heavy atom. The zero-order valence-electron chi connectivity index (χ0n) is 6.34. The summed E-state index contributed by atoms with van der Waals surface area (Å²) in [5.41, 5.74) is 1.82. The van der Waals surface area contributed by atoms with Crippen molar-refractivity contribution < 1.29 is 0 Å². The summed E-state index contributed by atoms with van der Waals surface area (Å²) < 4.78 is 0. The topological polar surface area (TPSA) is 0 Å². The van der Waals surface area contributed by atoms with Crippen LogP contribution in [-0.4, -0.2) is 0 Å². The highest BCUT2D eigenvalue weighted by atomic mass is 14.5. The molecule has 2 unspecified atom stereocenters. The van der Waals surface area contributed by atoms with Crippen molar-refractivity contribution in [3.05, 3.63) is 11.6 Å². The summed E-state index contributed by atoms with van der Waals surface area (Å²) in [6, 6.07) is 0. The molecule has 0 aliphatic heterocycles. The molecule has 0 N–H and O–H groups in total. The van der Waals surface area contributed by atoms with Gasteiger partial charge in [0.25, 0.3) is 0 Å². The summed E-state index contributed by atoms with van der Waals surface area (Å²) in [4.78, 5) is 0. The van der Waals surface area contributed by atoms with Crippen molar-refractivity contribution in [2.24, 2.45) is 17.8 Å². The van der Waals surface area contributed by atoms with Gasteiger partial charge in [0, 0.05) is 0 Å². The number of hydrogen-bond acceptors (Lipinski definition) is 0. The van der Waals surface area contributed by atoms with Crippen LogP contribution in [0.4, 0.5) is 0 Å². The largest absolute Gasteiger partial charge is 0.0816 e. The molecule has 0 spiro atoms. The summed E-state index contributed by atoms with van der Waals surface area (Å²) in [5, 5.41) is 0. The molecule has 0 aromatic carbocycles. The molecule has 0 nitrogen and oxygen atoms in total. The second kappa shape index (κ2) is 1.66. The first-order valence-electron chi connectivity index (χ1n) is 4.66. The van der Waals surface area contributed by atoms with Crippen LogP contribution in [0.15, 0.2) is 11.6 Å². The molecule has 0 radical (unpaired) electrons. The van der Waals surface area contributed by atoms with Gasteiger partial charge < -0.3 is 0 Å². The molecule has 0 heterocycles. The van der Waals surface area contributed by atoms with E-state index < -0.39 is 0 Å². The molecule has 0 aromatic heterocycles. The molecular formula is C10H14. The zero-order valence-corrected chi connectivity index (χ0v) is 6.34. The van der Waals surface area contributed by atoms with Crippen LogP contribution < -0.4 is 0 Å². The van der Waals surface area contributed by atoms with Gasteiger partial charge in [-0.1, -0.05) is 24.5 Å². The Labute approximate surface area is 62.3 Å². The van der Waals surface area contributed by atoms with Gasteiger partial charge in [-0.3, -0.25) is 0 Å². The fourth-order valence-corrected chi connectivity index (χ4v) is 2.98. The van der Waals surface area contributed by atoms with E-state index in [0.717, 1.165) is 17.8 Å². The normalized spacial score (nSPS) is 49.6. The molecule has 2 fully saturated rings. The molecule has 3 aliphatic carbocycles. The number of fused-ring (bicyclic) bond motifs is 3. The van der Waals surface area contributed by atoms with Crippen molar-refractivity contribution >= 4 is 0 Å². The van der Waals surface area contributed by atoms with Crippen molar-refractivity contribution in [2.45, 2.75) is 32.1 Å². The number of allylic oxidation sites excluding steroid dienone is 2.